The molecular formula is C10H16F3N5O2. The minimum absolute atomic E-state index is 0.0469. The number of rotatable bonds is 7. The fourth-order valence-corrected chi connectivity index (χ4v) is 1.14. The van der Waals surface area contributed by atoms with E-state index in [4.69, 9.17) is 10.5 Å². The van der Waals surface area contributed by atoms with Gasteiger partial charge in [-0.3, -0.25) is 0 Å². The second kappa shape index (κ2) is 7.08. The van der Waals surface area contributed by atoms with Crippen LogP contribution in [-0.4, -0.2) is 47.0 Å². The standard InChI is InChI=1S/C10H16F3N5O2/c1-6(2)20-9-17-7(14)16-8(18-9)15-3-4-19-5-10(11,12)13/h6H,3-5H2,1-2H3,(H3,14,15,16,17,18). The minimum Gasteiger partial charge on any atom is -0.461 e. The average molecular weight is 295 g/mol. The number of nitrogens with two attached hydrogens (primary N) is 1. The zero-order valence-electron chi connectivity index (χ0n) is 11.1. The zero-order valence-corrected chi connectivity index (χ0v) is 11.1. The topological polar surface area (TPSA) is 95.2 Å². The van der Waals surface area contributed by atoms with Gasteiger partial charge in [0.05, 0.1) is 12.7 Å². The van der Waals surface area contributed by atoms with E-state index in [0.717, 1.165) is 0 Å². The van der Waals surface area contributed by atoms with E-state index >= 15 is 0 Å². The number of hydrogen-bond acceptors (Lipinski definition) is 7. The van der Waals surface area contributed by atoms with Crippen LogP contribution < -0.4 is 15.8 Å². The fourth-order valence-electron chi connectivity index (χ4n) is 1.14. The maximum atomic E-state index is 11.8. The highest BCUT2D eigenvalue weighted by molar-refractivity contribution is 5.32. The van der Waals surface area contributed by atoms with Gasteiger partial charge in [-0.1, -0.05) is 0 Å². The highest BCUT2D eigenvalue weighted by Gasteiger charge is 2.27. The summed E-state index contributed by atoms with van der Waals surface area (Å²) in [6.07, 6.45) is -4.48. The molecule has 10 heteroatoms. The van der Waals surface area contributed by atoms with Crippen LogP contribution in [0.1, 0.15) is 13.8 Å². The lowest BCUT2D eigenvalue weighted by Crippen LogP contribution is -2.20. The van der Waals surface area contributed by atoms with Crippen LogP contribution in [0, 0.1) is 0 Å². The highest BCUT2D eigenvalue weighted by Crippen LogP contribution is 2.14. The summed E-state index contributed by atoms with van der Waals surface area (Å²) in [6, 6.07) is 0.0474. The second-order valence-electron chi connectivity index (χ2n) is 4.06. The van der Waals surface area contributed by atoms with E-state index in [0.29, 0.717) is 0 Å². The summed E-state index contributed by atoms with van der Waals surface area (Å²) in [6.45, 7) is 2.23. The lowest BCUT2D eigenvalue weighted by atomic mass is 10.5. The van der Waals surface area contributed by atoms with E-state index in [2.05, 4.69) is 25.0 Å². The van der Waals surface area contributed by atoms with Gasteiger partial charge in [-0.2, -0.15) is 28.1 Å². The number of ether oxygens (including phenoxy) is 2. The number of aromatic nitrogens is 3. The highest BCUT2D eigenvalue weighted by atomic mass is 19.4. The van der Waals surface area contributed by atoms with Gasteiger partial charge < -0.3 is 20.5 Å². The van der Waals surface area contributed by atoms with Crippen molar-refractivity contribution >= 4 is 11.9 Å². The van der Waals surface area contributed by atoms with Crippen molar-refractivity contribution in [1.82, 2.24) is 15.0 Å². The Bertz CT molecular complexity index is 428. The molecule has 0 unspecified atom stereocenters. The smallest absolute Gasteiger partial charge is 0.411 e. The molecule has 20 heavy (non-hydrogen) atoms. The van der Waals surface area contributed by atoms with Crippen molar-refractivity contribution < 1.29 is 22.6 Å². The first-order valence-electron chi connectivity index (χ1n) is 5.83. The Kier molecular flexibility index (Phi) is 5.74. The first-order valence-corrected chi connectivity index (χ1v) is 5.83. The third-order valence-electron chi connectivity index (χ3n) is 1.77. The number of alkyl halides is 3. The fraction of sp³-hybridized carbons (Fsp3) is 0.700. The summed E-state index contributed by atoms with van der Waals surface area (Å²) >= 11 is 0. The predicted octanol–water partition coefficient (Wildman–Crippen LogP) is 1.23. The van der Waals surface area contributed by atoms with Gasteiger partial charge in [0.2, 0.25) is 11.9 Å². The Labute approximate surface area is 113 Å². The van der Waals surface area contributed by atoms with Crippen molar-refractivity contribution in [2.24, 2.45) is 0 Å². The zero-order chi connectivity index (χ0) is 15.2. The molecule has 0 bridgehead atoms. The van der Waals surface area contributed by atoms with Gasteiger partial charge in [0.25, 0.3) is 0 Å². The largest absolute Gasteiger partial charge is 0.461 e. The Hall–Kier alpha value is -1.84. The van der Waals surface area contributed by atoms with Gasteiger partial charge in [0.1, 0.15) is 6.61 Å². The van der Waals surface area contributed by atoms with Crippen molar-refractivity contribution in [3.05, 3.63) is 0 Å². The molecule has 0 aliphatic carbocycles. The van der Waals surface area contributed by atoms with Crippen LogP contribution in [0.15, 0.2) is 0 Å². The molecule has 1 aromatic heterocycles. The van der Waals surface area contributed by atoms with Gasteiger partial charge in [0, 0.05) is 6.54 Å². The summed E-state index contributed by atoms with van der Waals surface area (Å²) < 4.78 is 45.1. The second-order valence-corrected chi connectivity index (χ2v) is 4.06. The van der Waals surface area contributed by atoms with Crippen molar-refractivity contribution in [2.75, 3.05) is 30.8 Å². The molecule has 3 N–H and O–H groups in total. The summed E-state index contributed by atoms with van der Waals surface area (Å²) in [5.74, 6) is 0.0677. The minimum atomic E-state index is -4.34. The van der Waals surface area contributed by atoms with E-state index in [1.54, 1.807) is 13.8 Å². The number of anilines is 2. The van der Waals surface area contributed by atoms with E-state index in [9.17, 15) is 13.2 Å². The van der Waals surface area contributed by atoms with Crippen molar-refractivity contribution in [2.45, 2.75) is 26.1 Å². The molecule has 0 saturated carbocycles. The Morgan fingerprint density at radius 3 is 2.55 bits per heavy atom. The Morgan fingerprint density at radius 2 is 1.95 bits per heavy atom. The normalized spacial score (nSPS) is 11.7. The lowest BCUT2D eigenvalue weighted by Gasteiger charge is -2.10. The van der Waals surface area contributed by atoms with E-state index in [1.807, 2.05) is 0 Å². The summed E-state index contributed by atoms with van der Waals surface area (Å²) in [7, 11) is 0. The van der Waals surface area contributed by atoms with Gasteiger partial charge in [0.15, 0.2) is 0 Å². The van der Waals surface area contributed by atoms with Crippen LogP contribution in [0.3, 0.4) is 0 Å². The van der Waals surface area contributed by atoms with Crippen LogP contribution in [0.4, 0.5) is 25.1 Å². The SMILES string of the molecule is CC(C)Oc1nc(N)nc(NCCOCC(F)(F)F)n1. The molecule has 0 fully saturated rings. The number of hydrogen-bond donors (Lipinski definition) is 2. The molecule has 0 aliphatic heterocycles. The van der Waals surface area contributed by atoms with E-state index in [-0.39, 0.29) is 37.2 Å². The van der Waals surface area contributed by atoms with Crippen LogP contribution in [0.5, 0.6) is 6.01 Å². The number of nitrogen functional groups attached to an aromatic ring is 1. The third-order valence-corrected chi connectivity index (χ3v) is 1.77. The summed E-state index contributed by atoms with van der Waals surface area (Å²) in [5, 5.41) is 2.67. The molecule has 0 aliphatic rings. The van der Waals surface area contributed by atoms with Gasteiger partial charge in [-0.05, 0) is 13.8 Å². The molecule has 1 aromatic rings. The molecule has 0 radical (unpaired) electrons. The lowest BCUT2D eigenvalue weighted by molar-refractivity contribution is -0.172. The first-order chi connectivity index (χ1) is 9.26. The van der Waals surface area contributed by atoms with Crippen LogP contribution in [0.25, 0.3) is 0 Å². The quantitative estimate of drug-likeness (QED) is 0.730. The van der Waals surface area contributed by atoms with Crippen molar-refractivity contribution in [3.63, 3.8) is 0 Å². The summed E-state index contributed by atoms with van der Waals surface area (Å²) in [5.41, 5.74) is 5.46. The maximum Gasteiger partial charge on any atom is 0.411 e. The van der Waals surface area contributed by atoms with Gasteiger partial charge in [-0.25, -0.2) is 0 Å². The predicted molar refractivity (Wildman–Crippen MR) is 65.4 cm³/mol. The molecule has 0 amide bonds. The van der Waals surface area contributed by atoms with Gasteiger partial charge >= 0.3 is 12.2 Å². The summed E-state index contributed by atoms with van der Waals surface area (Å²) in [4.78, 5) is 11.4. The third kappa shape index (κ3) is 6.92. The Morgan fingerprint density at radius 1 is 1.25 bits per heavy atom. The van der Waals surface area contributed by atoms with E-state index in [1.165, 1.54) is 0 Å². The van der Waals surface area contributed by atoms with Crippen LogP contribution in [0.2, 0.25) is 0 Å². The molecule has 0 atom stereocenters. The molecule has 0 spiro atoms. The number of halogens is 3. The molecular weight excluding hydrogens is 279 g/mol. The van der Waals surface area contributed by atoms with Crippen molar-refractivity contribution in [3.8, 4) is 6.01 Å². The van der Waals surface area contributed by atoms with E-state index < -0.39 is 12.8 Å². The van der Waals surface area contributed by atoms with Crippen LogP contribution in [-0.2, 0) is 4.74 Å². The molecule has 114 valence electrons. The van der Waals surface area contributed by atoms with Crippen molar-refractivity contribution in [1.29, 1.82) is 0 Å². The molecule has 1 heterocycles. The van der Waals surface area contributed by atoms with Gasteiger partial charge in [-0.15, -0.1) is 0 Å². The monoisotopic (exact) mass is 295 g/mol. The average Bonchev–Trinajstić information content (AvgIpc) is 2.25. The number of nitrogens with zero attached hydrogens (tertiary/aromatic N) is 3. The Balaban J connectivity index is 2.41. The number of nitrogens with one attached hydrogen (secondary N) is 1. The first kappa shape index (κ1) is 16.2. The maximum absolute atomic E-state index is 11.8. The molecule has 1 rings (SSSR count). The molecule has 7 nitrogen and oxygen atoms in total. The molecule has 0 saturated heterocycles. The van der Waals surface area contributed by atoms with Crippen LogP contribution >= 0.6 is 0 Å². The molecule has 0 aromatic carbocycles.